The van der Waals surface area contributed by atoms with Crippen LogP contribution in [0.1, 0.15) is 0 Å². The third-order valence-corrected chi connectivity index (χ3v) is 5.39. The summed E-state index contributed by atoms with van der Waals surface area (Å²) < 4.78 is 38.4. The highest BCUT2D eigenvalue weighted by molar-refractivity contribution is 7.89. The Morgan fingerprint density at radius 2 is 1.87 bits per heavy atom. The number of sulfonamides is 1. The van der Waals surface area contributed by atoms with E-state index in [2.05, 4.69) is 4.72 Å². The molecule has 0 aliphatic carbocycles. The van der Waals surface area contributed by atoms with Crippen LogP contribution in [0, 0.1) is 0 Å². The largest absolute Gasteiger partial charge is 0.486 e. The number of benzene rings is 2. The van der Waals surface area contributed by atoms with Crippen molar-refractivity contribution in [1.82, 2.24) is 4.72 Å². The maximum Gasteiger partial charge on any atom is 0.242 e. The van der Waals surface area contributed by atoms with Gasteiger partial charge in [0.15, 0.2) is 11.5 Å². The van der Waals surface area contributed by atoms with E-state index in [0.29, 0.717) is 16.5 Å². The van der Waals surface area contributed by atoms with Crippen LogP contribution in [0.15, 0.2) is 47.4 Å². The Morgan fingerprint density at radius 1 is 1.13 bits per heavy atom. The van der Waals surface area contributed by atoms with Gasteiger partial charge in [0.1, 0.15) is 17.6 Å². The van der Waals surface area contributed by atoms with Gasteiger partial charge in [0.2, 0.25) is 10.0 Å². The summed E-state index contributed by atoms with van der Waals surface area (Å²) in [6, 6.07) is 11.5. The second-order valence-electron chi connectivity index (χ2n) is 4.92. The van der Waals surface area contributed by atoms with Crippen LogP contribution in [0.4, 0.5) is 0 Å². The maximum absolute atomic E-state index is 12.3. The van der Waals surface area contributed by atoms with E-state index in [0.717, 1.165) is 0 Å². The molecule has 8 heteroatoms. The van der Waals surface area contributed by atoms with Crippen molar-refractivity contribution in [3.8, 4) is 11.5 Å². The predicted molar refractivity (Wildman–Crippen MR) is 88.0 cm³/mol. The summed E-state index contributed by atoms with van der Waals surface area (Å²) in [7, 11) is -3.79. The fourth-order valence-corrected chi connectivity index (χ4v) is 3.95. The molecule has 0 bridgehead atoms. The Bertz CT molecular complexity index is 826. The van der Waals surface area contributed by atoms with Gasteiger partial charge in [0.05, 0.1) is 11.6 Å². The molecule has 1 atom stereocenters. The van der Waals surface area contributed by atoms with Gasteiger partial charge in [-0.15, -0.1) is 0 Å². The minimum absolute atomic E-state index is 0.0551. The molecule has 1 aliphatic heterocycles. The van der Waals surface area contributed by atoms with E-state index in [9.17, 15) is 8.42 Å². The second-order valence-corrected chi connectivity index (χ2v) is 7.50. The molecule has 0 radical (unpaired) electrons. The van der Waals surface area contributed by atoms with Crippen LogP contribution in [0.2, 0.25) is 10.0 Å². The lowest BCUT2D eigenvalue weighted by atomic mass is 10.2. The summed E-state index contributed by atoms with van der Waals surface area (Å²) >= 11 is 11.8. The average Bonchev–Trinajstić information content (AvgIpc) is 2.55. The Balaban J connectivity index is 1.70. The van der Waals surface area contributed by atoms with E-state index in [4.69, 9.17) is 32.7 Å². The normalized spacial score (nSPS) is 17.0. The Hall–Kier alpha value is -1.47. The van der Waals surface area contributed by atoms with Crippen LogP contribution in [-0.2, 0) is 10.0 Å². The van der Waals surface area contributed by atoms with Gasteiger partial charge in [-0.05, 0) is 30.3 Å². The molecule has 0 aromatic heterocycles. The number of rotatable bonds is 4. The van der Waals surface area contributed by atoms with Crippen molar-refractivity contribution >= 4 is 33.2 Å². The summed E-state index contributed by atoms with van der Waals surface area (Å²) in [5, 5.41) is 0.397. The molecule has 3 rings (SSSR count). The lowest BCUT2D eigenvalue weighted by Crippen LogP contribution is -2.40. The van der Waals surface area contributed by atoms with Crippen molar-refractivity contribution in [2.24, 2.45) is 0 Å². The van der Waals surface area contributed by atoms with Crippen LogP contribution in [0.25, 0.3) is 0 Å². The molecule has 0 saturated heterocycles. The van der Waals surface area contributed by atoms with Crippen molar-refractivity contribution in [1.29, 1.82) is 0 Å². The van der Waals surface area contributed by atoms with Crippen molar-refractivity contribution in [2.75, 3.05) is 13.2 Å². The molecule has 1 N–H and O–H groups in total. The van der Waals surface area contributed by atoms with Gasteiger partial charge in [0.25, 0.3) is 0 Å². The van der Waals surface area contributed by atoms with Gasteiger partial charge < -0.3 is 9.47 Å². The van der Waals surface area contributed by atoms with Gasteiger partial charge in [-0.25, -0.2) is 13.1 Å². The summed E-state index contributed by atoms with van der Waals surface area (Å²) in [6.45, 7) is 0.308. The smallest absolute Gasteiger partial charge is 0.242 e. The second kappa shape index (κ2) is 6.57. The van der Waals surface area contributed by atoms with Gasteiger partial charge in [-0.1, -0.05) is 35.3 Å². The minimum Gasteiger partial charge on any atom is -0.486 e. The molecule has 1 aliphatic rings. The Morgan fingerprint density at radius 3 is 2.65 bits per heavy atom. The molecule has 0 unspecified atom stereocenters. The third-order valence-electron chi connectivity index (χ3n) is 3.25. The Kier molecular flexibility index (Phi) is 4.68. The van der Waals surface area contributed by atoms with Crippen LogP contribution >= 0.6 is 23.2 Å². The first-order valence-corrected chi connectivity index (χ1v) is 9.03. The highest BCUT2D eigenvalue weighted by Crippen LogP contribution is 2.31. The summed E-state index contributed by atoms with van der Waals surface area (Å²) in [6.07, 6.45) is -0.433. The van der Waals surface area contributed by atoms with Crippen LogP contribution in [0.5, 0.6) is 11.5 Å². The highest BCUT2D eigenvalue weighted by Gasteiger charge is 2.24. The summed E-state index contributed by atoms with van der Waals surface area (Å²) in [4.78, 5) is -0.0659. The average molecular weight is 374 g/mol. The first-order valence-electron chi connectivity index (χ1n) is 6.79. The number of nitrogens with one attached hydrogen (secondary N) is 1. The van der Waals surface area contributed by atoms with Crippen LogP contribution < -0.4 is 14.2 Å². The standard InChI is InChI=1S/C15H13Cl2NO4S/c16-10-5-6-12(17)15(7-10)23(19,20)18-8-11-9-21-13-3-1-2-4-14(13)22-11/h1-7,11,18H,8-9H2/t11-/m1/s1. The molecule has 1 heterocycles. The molecule has 2 aromatic rings. The number of hydrogen-bond acceptors (Lipinski definition) is 4. The number of fused-ring (bicyclic) bond motifs is 1. The van der Waals surface area contributed by atoms with E-state index in [1.807, 2.05) is 12.1 Å². The Labute approximate surface area is 144 Å². The topological polar surface area (TPSA) is 64.6 Å². The van der Waals surface area contributed by atoms with E-state index >= 15 is 0 Å². The monoisotopic (exact) mass is 373 g/mol. The predicted octanol–water partition coefficient (Wildman–Crippen LogP) is 3.11. The molecule has 0 saturated carbocycles. The van der Waals surface area contributed by atoms with Crippen molar-refractivity contribution in [2.45, 2.75) is 11.0 Å². The molecular formula is C15H13Cl2NO4S. The zero-order valence-corrected chi connectivity index (χ0v) is 14.2. The number of halogens is 2. The molecule has 23 heavy (non-hydrogen) atoms. The zero-order chi connectivity index (χ0) is 16.4. The molecular weight excluding hydrogens is 361 g/mol. The van der Waals surface area contributed by atoms with Crippen molar-refractivity contribution in [3.05, 3.63) is 52.5 Å². The first kappa shape index (κ1) is 16.4. The van der Waals surface area contributed by atoms with E-state index in [-0.39, 0.29) is 23.1 Å². The fourth-order valence-electron chi connectivity index (χ4n) is 2.13. The molecule has 0 amide bonds. The van der Waals surface area contributed by atoms with E-state index < -0.39 is 16.1 Å². The highest BCUT2D eigenvalue weighted by atomic mass is 35.5. The number of hydrogen-bond donors (Lipinski definition) is 1. The van der Waals surface area contributed by atoms with Gasteiger partial charge in [0, 0.05) is 5.02 Å². The lowest BCUT2D eigenvalue weighted by molar-refractivity contribution is 0.0943. The quantitative estimate of drug-likeness (QED) is 0.893. The van der Waals surface area contributed by atoms with Gasteiger partial charge >= 0.3 is 0 Å². The first-order chi connectivity index (χ1) is 11.0. The summed E-state index contributed by atoms with van der Waals surface area (Å²) in [5.41, 5.74) is 0. The third kappa shape index (κ3) is 3.72. The van der Waals surface area contributed by atoms with E-state index in [1.54, 1.807) is 12.1 Å². The summed E-state index contributed by atoms with van der Waals surface area (Å²) in [5.74, 6) is 1.23. The fraction of sp³-hybridized carbons (Fsp3) is 0.200. The molecule has 0 fully saturated rings. The maximum atomic E-state index is 12.3. The van der Waals surface area contributed by atoms with Gasteiger partial charge in [-0.3, -0.25) is 0 Å². The SMILES string of the molecule is O=S(=O)(NC[C@@H]1COc2ccccc2O1)c1cc(Cl)ccc1Cl. The lowest BCUT2D eigenvalue weighted by Gasteiger charge is -2.26. The van der Waals surface area contributed by atoms with Crippen LogP contribution in [-0.4, -0.2) is 27.7 Å². The van der Waals surface area contributed by atoms with Crippen molar-refractivity contribution < 1.29 is 17.9 Å². The number of para-hydroxylation sites is 2. The molecule has 0 spiro atoms. The van der Waals surface area contributed by atoms with Crippen LogP contribution in [0.3, 0.4) is 0 Å². The van der Waals surface area contributed by atoms with E-state index in [1.165, 1.54) is 18.2 Å². The molecule has 5 nitrogen and oxygen atoms in total. The molecule has 2 aromatic carbocycles. The molecule has 122 valence electrons. The number of ether oxygens (including phenoxy) is 2. The zero-order valence-electron chi connectivity index (χ0n) is 11.8. The van der Waals surface area contributed by atoms with Gasteiger partial charge in [-0.2, -0.15) is 0 Å². The van der Waals surface area contributed by atoms with Crippen molar-refractivity contribution in [3.63, 3.8) is 0 Å². The minimum atomic E-state index is -3.79.